The highest BCUT2D eigenvalue weighted by Crippen LogP contribution is 1.99. The summed E-state index contributed by atoms with van der Waals surface area (Å²) >= 11 is 0. The van der Waals surface area contributed by atoms with Gasteiger partial charge in [0, 0.05) is 6.54 Å². The van der Waals surface area contributed by atoms with Gasteiger partial charge in [0.25, 0.3) is 0 Å². The Hall–Kier alpha value is -1.06. The Morgan fingerprint density at radius 1 is 1.50 bits per heavy atom. The molecule has 1 aliphatic rings. The third-order valence-corrected chi connectivity index (χ3v) is 1.02. The summed E-state index contributed by atoms with van der Waals surface area (Å²) in [6.07, 6.45) is 0. The third kappa shape index (κ3) is 0.458. The molecule has 0 atom stereocenters. The van der Waals surface area contributed by atoms with Crippen LogP contribution in [-0.2, 0) is 0 Å². The van der Waals surface area contributed by atoms with E-state index in [1.807, 2.05) is 0 Å². The first-order chi connectivity index (χ1) is 3.75. The van der Waals surface area contributed by atoms with Crippen molar-refractivity contribution in [1.29, 1.82) is 0 Å². The topological polar surface area (TPSA) is 49.4 Å². The van der Waals surface area contributed by atoms with Gasteiger partial charge in [0.05, 0.1) is 0 Å². The van der Waals surface area contributed by atoms with Crippen LogP contribution in [-0.4, -0.2) is 23.5 Å². The Kier molecular flexibility index (Phi) is 0.932. The number of hydrogen-bond acceptors (Lipinski definition) is 2. The SMILES string of the molecule is CCN1C(=O)NC1=O. The molecule has 4 amide bonds. The van der Waals surface area contributed by atoms with Crippen LogP contribution >= 0.6 is 0 Å². The zero-order chi connectivity index (χ0) is 6.15. The van der Waals surface area contributed by atoms with Crippen LogP contribution in [0.3, 0.4) is 0 Å². The molecule has 0 radical (unpaired) electrons. The molecule has 0 bridgehead atoms. The van der Waals surface area contributed by atoms with E-state index in [2.05, 4.69) is 5.32 Å². The number of rotatable bonds is 1. The number of urea groups is 2. The lowest BCUT2D eigenvalue weighted by Gasteiger charge is -2.26. The van der Waals surface area contributed by atoms with Crippen molar-refractivity contribution in [3.8, 4) is 0 Å². The lowest BCUT2D eigenvalue weighted by Crippen LogP contribution is -2.61. The quantitative estimate of drug-likeness (QED) is 0.527. The first-order valence-corrected chi connectivity index (χ1v) is 2.38. The van der Waals surface area contributed by atoms with Gasteiger partial charge in [-0.2, -0.15) is 0 Å². The van der Waals surface area contributed by atoms with Crippen LogP contribution in [0.25, 0.3) is 0 Å². The summed E-state index contributed by atoms with van der Waals surface area (Å²) in [6.45, 7) is 2.21. The molecule has 0 aromatic carbocycles. The van der Waals surface area contributed by atoms with Crippen molar-refractivity contribution in [3.63, 3.8) is 0 Å². The average Bonchev–Trinajstić information content (AvgIpc) is 1.67. The normalized spacial score (nSPS) is 17.9. The molecule has 4 nitrogen and oxygen atoms in total. The molecule has 1 rings (SSSR count). The molecular formula is C4H6N2O2. The maximum Gasteiger partial charge on any atom is 0.333 e. The Morgan fingerprint density at radius 2 is 2.00 bits per heavy atom. The van der Waals surface area contributed by atoms with Gasteiger partial charge in [-0.25, -0.2) is 14.5 Å². The average molecular weight is 114 g/mol. The molecule has 0 unspecified atom stereocenters. The van der Waals surface area contributed by atoms with Crippen molar-refractivity contribution < 1.29 is 9.59 Å². The van der Waals surface area contributed by atoms with Crippen molar-refractivity contribution in [3.05, 3.63) is 0 Å². The summed E-state index contributed by atoms with van der Waals surface area (Å²) in [6, 6.07) is -0.588. The predicted molar refractivity (Wildman–Crippen MR) is 26.3 cm³/mol. The first-order valence-electron chi connectivity index (χ1n) is 2.38. The van der Waals surface area contributed by atoms with Gasteiger partial charge in [-0.15, -0.1) is 0 Å². The van der Waals surface area contributed by atoms with E-state index in [-0.39, 0.29) is 12.1 Å². The molecule has 0 aliphatic carbocycles. The minimum absolute atomic E-state index is 0.294. The molecule has 1 fully saturated rings. The second-order valence-electron chi connectivity index (χ2n) is 1.48. The van der Waals surface area contributed by atoms with Crippen LogP contribution in [0, 0.1) is 0 Å². The number of carbonyl (C=O) groups excluding carboxylic acids is 2. The highest BCUT2D eigenvalue weighted by Gasteiger charge is 2.31. The molecule has 0 aromatic heterocycles. The number of carbonyl (C=O) groups is 2. The second-order valence-corrected chi connectivity index (χ2v) is 1.48. The molecule has 1 heterocycles. The standard InChI is InChI=1S/C4H6N2O2/c1-2-6-3(7)5-4(6)8/h2H2,1H3,(H,5,7,8). The van der Waals surface area contributed by atoms with Gasteiger partial charge in [0.15, 0.2) is 0 Å². The predicted octanol–water partition coefficient (Wildman–Crippen LogP) is 0.152. The smallest absolute Gasteiger partial charge is 0.259 e. The van der Waals surface area contributed by atoms with Crippen molar-refractivity contribution >= 4 is 12.1 Å². The summed E-state index contributed by atoms with van der Waals surface area (Å²) in [5, 5.41) is 2.05. The van der Waals surface area contributed by atoms with Crippen LogP contribution in [0.5, 0.6) is 0 Å². The summed E-state index contributed by atoms with van der Waals surface area (Å²) in [7, 11) is 0. The zero-order valence-electron chi connectivity index (χ0n) is 4.47. The molecule has 1 saturated heterocycles. The van der Waals surface area contributed by atoms with Crippen molar-refractivity contribution in [2.45, 2.75) is 6.92 Å². The highest BCUT2D eigenvalue weighted by atomic mass is 16.2. The Morgan fingerprint density at radius 3 is 2.12 bits per heavy atom. The maximum absolute atomic E-state index is 10.3. The molecule has 1 N–H and O–H groups in total. The number of hydrogen-bond donors (Lipinski definition) is 1. The summed E-state index contributed by atoms with van der Waals surface area (Å²) < 4.78 is 0. The fraction of sp³-hybridized carbons (Fsp3) is 0.500. The van der Waals surface area contributed by atoms with Crippen LogP contribution in [0.2, 0.25) is 0 Å². The summed E-state index contributed by atoms with van der Waals surface area (Å²) in [5.74, 6) is 0. The van der Waals surface area contributed by atoms with E-state index in [9.17, 15) is 9.59 Å². The zero-order valence-corrected chi connectivity index (χ0v) is 4.47. The molecule has 0 saturated carbocycles. The fourth-order valence-corrected chi connectivity index (χ4v) is 0.553. The molecule has 8 heavy (non-hydrogen) atoms. The van der Waals surface area contributed by atoms with Gasteiger partial charge in [-0.3, -0.25) is 5.32 Å². The lowest BCUT2D eigenvalue weighted by molar-refractivity contribution is 0.164. The maximum atomic E-state index is 10.3. The molecule has 4 heteroatoms. The van der Waals surface area contributed by atoms with Crippen LogP contribution in [0.4, 0.5) is 9.59 Å². The summed E-state index contributed by atoms with van der Waals surface area (Å²) in [4.78, 5) is 21.7. The van der Waals surface area contributed by atoms with Gasteiger partial charge < -0.3 is 0 Å². The number of nitrogens with one attached hydrogen (secondary N) is 1. The van der Waals surface area contributed by atoms with Crippen LogP contribution < -0.4 is 5.32 Å². The Labute approximate surface area is 46.5 Å². The van der Waals surface area contributed by atoms with Crippen LogP contribution in [0.1, 0.15) is 6.92 Å². The van der Waals surface area contributed by atoms with Gasteiger partial charge in [0.2, 0.25) is 0 Å². The van der Waals surface area contributed by atoms with E-state index in [1.54, 1.807) is 6.92 Å². The minimum atomic E-state index is -0.294. The third-order valence-electron chi connectivity index (χ3n) is 1.02. The van der Waals surface area contributed by atoms with Crippen molar-refractivity contribution in [2.75, 3.05) is 6.54 Å². The number of amides is 4. The van der Waals surface area contributed by atoms with E-state index in [1.165, 1.54) is 0 Å². The van der Waals surface area contributed by atoms with Crippen LogP contribution in [0.15, 0.2) is 0 Å². The second kappa shape index (κ2) is 1.47. The fourth-order valence-electron chi connectivity index (χ4n) is 0.553. The Balaban J connectivity index is 2.52. The van der Waals surface area contributed by atoms with E-state index in [4.69, 9.17) is 0 Å². The number of nitrogens with zero attached hydrogens (tertiary/aromatic N) is 1. The monoisotopic (exact) mass is 114 g/mol. The van der Waals surface area contributed by atoms with Gasteiger partial charge in [0.1, 0.15) is 0 Å². The molecule has 0 aromatic rings. The van der Waals surface area contributed by atoms with Gasteiger partial charge >= 0.3 is 12.1 Å². The lowest BCUT2D eigenvalue weighted by atomic mass is 10.5. The molecular weight excluding hydrogens is 108 g/mol. The summed E-state index contributed by atoms with van der Waals surface area (Å²) in [5.41, 5.74) is 0. The largest absolute Gasteiger partial charge is 0.333 e. The van der Waals surface area contributed by atoms with E-state index < -0.39 is 0 Å². The van der Waals surface area contributed by atoms with Gasteiger partial charge in [-0.05, 0) is 6.92 Å². The highest BCUT2D eigenvalue weighted by molar-refractivity contribution is 6.11. The van der Waals surface area contributed by atoms with E-state index in [0.717, 1.165) is 4.90 Å². The first kappa shape index (κ1) is 5.08. The van der Waals surface area contributed by atoms with Crippen molar-refractivity contribution in [1.82, 2.24) is 10.2 Å². The molecule has 0 spiro atoms. The minimum Gasteiger partial charge on any atom is -0.259 e. The van der Waals surface area contributed by atoms with Gasteiger partial charge in [-0.1, -0.05) is 0 Å². The van der Waals surface area contributed by atoms with E-state index >= 15 is 0 Å². The molecule has 1 aliphatic heterocycles. The van der Waals surface area contributed by atoms with Crippen molar-refractivity contribution in [2.24, 2.45) is 0 Å². The molecule has 44 valence electrons. The number of imide groups is 2. The van der Waals surface area contributed by atoms with E-state index in [0.29, 0.717) is 6.54 Å². The Bertz CT molecular complexity index is 129.